The first-order valence-electron chi connectivity index (χ1n) is 12.0. The van der Waals surface area contributed by atoms with Crippen LogP contribution in [-0.2, 0) is 0 Å². The maximum Gasteiger partial charge on any atom is 0.258 e. The second-order valence-corrected chi connectivity index (χ2v) is 9.66. The number of aromatic nitrogens is 1. The summed E-state index contributed by atoms with van der Waals surface area (Å²) in [6, 6.07) is 8.15. The van der Waals surface area contributed by atoms with E-state index in [-0.39, 0.29) is 36.5 Å². The summed E-state index contributed by atoms with van der Waals surface area (Å²) in [6.45, 7) is 6.00. The van der Waals surface area contributed by atoms with Crippen molar-refractivity contribution < 1.29 is 19.4 Å². The van der Waals surface area contributed by atoms with E-state index in [2.05, 4.69) is 29.2 Å². The molecule has 3 atom stereocenters. The van der Waals surface area contributed by atoms with Gasteiger partial charge in [0.2, 0.25) is 0 Å². The summed E-state index contributed by atoms with van der Waals surface area (Å²) in [7, 11) is 2.10. The number of hydrogen-bond donors (Lipinski definition) is 2. The number of hydrogen-bond acceptors (Lipinski definition) is 6. The molecule has 0 unspecified atom stereocenters. The molecular formula is C26H34N4O4. The molecule has 1 aromatic carbocycles. The van der Waals surface area contributed by atoms with E-state index < -0.39 is 0 Å². The number of nitrogens with zero attached hydrogens (tertiary/aromatic N) is 3. The highest BCUT2D eigenvalue weighted by molar-refractivity contribution is 6.07. The number of anilines is 1. The highest BCUT2D eigenvalue weighted by atomic mass is 16.5. The van der Waals surface area contributed by atoms with Crippen LogP contribution in [0.2, 0.25) is 0 Å². The molecule has 0 bridgehead atoms. The van der Waals surface area contributed by atoms with E-state index in [1.807, 2.05) is 6.92 Å². The zero-order chi connectivity index (χ0) is 24.2. The number of pyridine rings is 1. The molecule has 34 heavy (non-hydrogen) atoms. The third-order valence-corrected chi connectivity index (χ3v) is 6.64. The fourth-order valence-corrected chi connectivity index (χ4v) is 4.38. The molecule has 8 heteroatoms. The zero-order valence-corrected chi connectivity index (χ0v) is 20.1. The number of rotatable bonds is 8. The lowest BCUT2D eigenvalue weighted by atomic mass is 9.99. The second-order valence-electron chi connectivity index (χ2n) is 9.66. The first kappa shape index (κ1) is 24.2. The third-order valence-electron chi connectivity index (χ3n) is 6.64. The smallest absolute Gasteiger partial charge is 0.258 e. The average Bonchev–Trinajstić information content (AvgIpc) is 3.65. The van der Waals surface area contributed by atoms with E-state index in [9.17, 15) is 14.7 Å². The van der Waals surface area contributed by atoms with Crippen LogP contribution in [0.1, 0.15) is 47.4 Å². The van der Waals surface area contributed by atoms with Gasteiger partial charge in [0.15, 0.2) is 5.75 Å². The molecule has 0 radical (unpaired) electrons. The number of fused-ring (bicyclic) bond motifs is 1. The number of ether oxygens (including phenoxy) is 1. The molecule has 2 aliphatic rings. The van der Waals surface area contributed by atoms with Crippen LogP contribution in [-0.4, -0.2) is 77.1 Å². The van der Waals surface area contributed by atoms with Crippen LogP contribution in [0, 0.1) is 11.8 Å². The largest absolute Gasteiger partial charge is 0.486 e. The van der Waals surface area contributed by atoms with Crippen molar-refractivity contribution in [2.75, 3.05) is 38.6 Å². The van der Waals surface area contributed by atoms with Gasteiger partial charge >= 0.3 is 0 Å². The van der Waals surface area contributed by atoms with Gasteiger partial charge in [-0.25, -0.2) is 0 Å². The predicted octanol–water partition coefficient (Wildman–Crippen LogP) is 2.90. The van der Waals surface area contributed by atoms with Crippen LogP contribution >= 0.6 is 0 Å². The van der Waals surface area contributed by atoms with Gasteiger partial charge in [0.25, 0.3) is 11.8 Å². The SMILES string of the molecule is C[C@@H]1CN([C@@H](C)CO)C(=O)c2cccc(NC(=O)c3ccncc3)c2O[C@@H]1CN(C)CC1CC1. The van der Waals surface area contributed by atoms with Gasteiger partial charge in [0.05, 0.1) is 23.9 Å². The summed E-state index contributed by atoms with van der Waals surface area (Å²) >= 11 is 0. The van der Waals surface area contributed by atoms with E-state index in [1.165, 1.54) is 12.8 Å². The fraction of sp³-hybridized carbons (Fsp3) is 0.500. The quantitative estimate of drug-likeness (QED) is 0.621. The number of amides is 2. The van der Waals surface area contributed by atoms with Crippen molar-refractivity contribution >= 4 is 17.5 Å². The lowest BCUT2D eigenvalue weighted by Crippen LogP contribution is -2.50. The molecule has 1 aliphatic heterocycles. The topological polar surface area (TPSA) is 95.0 Å². The van der Waals surface area contributed by atoms with Gasteiger partial charge < -0.3 is 25.0 Å². The maximum absolute atomic E-state index is 13.5. The molecule has 182 valence electrons. The van der Waals surface area contributed by atoms with E-state index in [0.717, 1.165) is 12.5 Å². The van der Waals surface area contributed by atoms with Crippen molar-refractivity contribution in [3.05, 3.63) is 53.9 Å². The molecule has 2 N–H and O–H groups in total. The maximum atomic E-state index is 13.5. The minimum absolute atomic E-state index is 0.0247. The first-order valence-corrected chi connectivity index (χ1v) is 12.0. The number of para-hydroxylation sites is 1. The second kappa shape index (κ2) is 10.5. The lowest BCUT2D eigenvalue weighted by molar-refractivity contribution is 0.0345. The fourth-order valence-electron chi connectivity index (χ4n) is 4.38. The summed E-state index contributed by atoms with van der Waals surface area (Å²) < 4.78 is 6.54. The Morgan fingerprint density at radius 2 is 2.00 bits per heavy atom. The summed E-state index contributed by atoms with van der Waals surface area (Å²) in [5.41, 5.74) is 1.30. The minimum atomic E-state index is -0.333. The Bertz CT molecular complexity index is 1010. The van der Waals surface area contributed by atoms with Crippen LogP contribution in [0.15, 0.2) is 42.7 Å². The Morgan fingerprint density at radius 1 is 1.26 bits per heavy atom. The van der Waals surface area contributed by atoms with Crippen LogP contribution in [0.4, 0.5) is 5.69 Å². The van der Waals surface area contributed by atoms with Crippen LogP contribution in [0.3, 0.4) is 0 Å². The van der Waals surface area contributed by atoms with Gasteiger partial charge in [-0.3, -0.25) is 14.6 Å². The van der Waals surface area contributed by atoms with Crippen molar-refractivity contribution in [3.63, 3.8) is 0 Å². The molecule has 1 fully saturated rings. The average molecular weight is 467 g/mol. The van der Waals surface area contributed by atoms with Gasteiger partial charge in [0.1, 0.15) is 6.10 Å². The monoisotopic (exact) mass is 466 g/mol. The summed E-state index contributed by atoms with van der Waals surface area (Å²) in [6.07, 6.45) is 5.48. The molecule has 2 heterocycles. The molecule has 8 nitrogen and oxygen atoms in total. The summed E-state index contributed by atoms with van der Waals surface area (Å²) in [5.74, 6) is 0.639. The number of benzene rings is 1. The molecule has 2 amide bonds. The molecule has 1 aliphatic carbocycles. The van der Waals surface area contributed by atoms with Gasteiger partial charge in [-0.15, -0.1) is 0 Å². The molecule has 1 saturated carbocycles. The van der Waals surface area contributed by atoms with Gasteiger partial charge in [-0.1, -0.05) is 13.0 Å². The van der Waals surface area contributed by atoms with Crippen molar-refractivity contribution in [1.82, 2.24) is 14.8 Å². The molecular weight excluding hydrogens is 432 g/mol. The lowest BCUT2D eigenvalue weighted by Gasteiger charge is -2.38. The van der Waals surface area contributed by atoms with Gasteiger partial charge in [-0.05, 0) is 57.0 Å². The normalized spacial score (nSPS) is 21.3. The Hall–Kier alpha value is -2.97. The highest BCUT2D eigenvalue weighted by Crippen LogP contribution is 2.35. The number of carbonyl (C=O) groups excluding carboxylic acids is 2. The van der Waals surface area contributed by atoms with Crippen molar-refractivity contribution in [1.29, 1.82) is 0 Å². The minimum Gasteiger partial charge on any atom is -0.486 e. The van der Waals surface area contributed by atoms with E-state index >= 15 is 0 Å². The van der Waals surface area contributed by atoms with Crippen molar-refractivity contribution in [3.8, 4) is 5.75 Å². The predicted molar refractivity (Wildman–Crippen MR) is 130 cm³/mol. The Morgan fingerprint density at radius 3 is 2.68 bits per heavy atom. The van der Waals surface area contributed by atoms with E-state index in [0.29, 0.717) is 35.7 Å². The van der Waals surface area contributed by atoms with Gasteiger partial charge in [-0.2, -0.15) is 0 Å². The molecule has 2 aromatic rings. The Balaban J connectivity index is 1.68. The number of likely N-dealkylation sites (N-methyl/N-ethyl adjacent to an activating group) is 1. The molecule has 4 rings (SSSR count). The Kier molecular flexibility index (Phi) is 7.48. The van der Waals surface area contributed by atoms with Gasteiger partial charge in [0, 0.05) is 43.5 Å². The summed E-state index contributed by atoms with van der Waals surface area (Å²) in [4.78, 5) is 34.4. The highest BCUT2D eigenvalue weighted by Gasteiger charge is 2.35. The van der Waals surface area contributed by atoms with Crippen LogP contribution in [0.25, 0.3) is 0 Å². The number of carbonyl (C=O) groups is 2. The molecule has 0 spiro atoms. The van der Waals surface area contributed by atoms with Crippen LogP contribution < -0.4 is 10.1 Å². The molecule has 0 saturated heterocycles. The van der Waals surface area contributed by atoms with E-state index in [1.54, 1.807) is 47.6 Å². The van der Waals surface area contributed by atoms with E-state index in [4.69, 9.17) is 4.74 Å². The molecule has 1 aromatic heterocycles. The number of aliphatic hydroxyl groups excluding tert-OH is 1. The van der Waals surface area contributed by atoms with Crippen molar-refractivity contribution in [2.24, 2.45) is 11.8 Å². The number of nitrogens with one attached hydrogen (secondary N) is 1. The first-order chi connectivity index (χ1) is 16.4. The summed E-state index contributed by atoms with van der Waals surface area (Å²) in [5, 5.41) is 12.7. The Labute approximate surface area is 200 Å². The third kappa shape index (κ3) is 5.56. The zero-order valence-electron chi connectivity index (χ0n) is 20.1. The standard InChI is InChI=1S/C26H34N4O4/c1-17-13-30(18(2)16-31)26(33)21-5-4-6-22(28-25(32)20-9-11-27-12-10-20)24(21)34-23(17)15-29(3)14-19-7-8-19/h4-6,9-12,17-19,23,31H,7-8,13-16H2,1-3H3,(H,28,32)/t17-,18+,23-/m1/s1. The van der Waals surface area contributed by atoms with Crippen molar-refractivity contribution in [2.45, 2.75) is 38.8 Å². The van der Waals surface area contributed by atoms with Crippen LogP contribution in [0.5, 0.6) is 5.75 Å². The number of aliphatic hydroxyl groups is 1.